The van der Waals surface area contributed by atoms with Crippen LogP contribution in [-0.2, 0) is 6.42 Å². The van der Waals surface area contributed by atoms with Gasteiger partial charge in [0.25, 0.3) is 0 Å². The summed E-state index contributed by atoms with van der Waals surface area (Å²) in [5.74, 6) is 0.0868. The first-order valence-electron chi connectivity index (χ1n) is 6.13. The predicted molar refractivity (Wildman–Crippen MR) is 83.5 cm³/mol. The van der Waals surface area contributed by atoms with Gasteiger partial charge in [-0.1, -0.05) is 52.3 Å². The first-order chi connectivity index (χ1) is 9.13. The minimum absolute atomic E-state index is 0.0868. The molecule has 2 rings (SSSR count). The van der Waals surface area contributed by atoms with Crippen LogP contribution in [0.3, 0.4) is 0 Å². The number of carbonyl (C=O) groups is 1. The molecule has 0 unspecified atom stereocenters. The summed E-state index contributed by atoms with van der Waals surface area (Å²) < 4.78 is 1.07. The molecule has 0 saturated carbocycles. The molecule has 0 heterocycles. The molecule has 2 aromatic carbocycles. The molecule has 0 aliphatic rings. The van der Waals surface area contributed by atoms with Crippen molar-refractivity contribution in [2.45, 2.75) is 13.3 Å². The molecule has 0 saturated heterocycles. The normalized spacial score (nSPS) is 10.2. The summed E-state index contributed by atoms with van der Waals surface area (Å²) in [5, 5.41) is 0. The molecule has 1 nitrogen and oxygen atoms in total. The lowest BCUT2D eigenvalue weighted by Gasteiger charge is -2.10. The molecule has 0 radical (unpaired) electrons. The Hall–Kier alpha value is -1.67. The van der Waals surface area contributed by atoms with Crippen LogP contribution >= 0.6 is 15.9 Å². The highest BCUT2D eigenvalue weighted by Gasteiger charge is 2.09. The Labute approximate surface area is 122 Å². The highest BCUT2D eigenvalue weighted by molar-refractivity contribution is 9.10. The van der Waals surface area contributed by atoms with Crippen molar-refractivity contribution in [1.29, 1.82) is 0 Å². The van der Waals surface area contributed by atoms with Crippen LogP contribution < -0.4 is 0 Å². The average Bonchev–Trinajstić information content (AvgIpc) is 2.41. The maximum Gasteiger partial charge on any atom is 0.160 e. The Bertz CT molecular complexity index is 629. The maximum atomic E-state index is 11.7. The van der Waals surface area contributed by atoms with Gasteiger partial charge in [0.2, 0.25) is 0 Å². The molecule has 0 bridgehead atoms. The molecule has 2 aromatic rings. The Morgan fingerprint density at radius 3 is 2.68 bits per heavy atom. The molecule has 0 amide bonds. The summed E-state index contributed by atoms with van der Waals surface area (Å²) in [4.78, 5) is 11.7. The van der Waals surface area contributed by atoms with Gasteiger partial charge in [0, 0.05) is 10.0 Å². The molecule has 0 aliphatic carbocycles. The van der Waals surface area contributed by atoms with Crippen LogP contribution in [0.25, 0.3) is 11.1 Å². The maximum absolute atomic E-state index is 11.7. The predicted octanol–water partition coefficient (Wildman–Crippen LogP) is 5.05. The minimum atomic E-state index is 0.0868. The first kappa shape index (κ1) is 13.8. The van der Waals surface area contributed by atoms with Gasteiger partial charge >= 0.3 is 0 Å². The average molecular weight is 315 g/mol. The number of hydrogen-bond acceptors (Lipinski definition) is 1. The van der Waals surface area contributed by atoms with Gasteiger partial charge in [0.1, 0.15) is 0 Å². The van der Waals surface area contributed by atoms with Crippen molar-refractivity contribution >= 4 is 21.7 Å². The van der Waals surface area contributed by atoms with E-state index in [2.05, 4.69) is 28.6 Å². The fourth-order valence-corrected chi connectivity index (χ4v) is 2.50. The van der Waals surface area contributed by atoms with Crippen molar-refractivity contribution in [1.82, 2.24) is 0 Å². The summed E-state index contributed by atoms with van der Waals surface area (Å²) in [6.45, 7) is 5.37. The first-order valence-corrected chi connectivity index (χ1v) is 6.92. The van der Waals surface area contributed by atoms with E-state index in [0.29, 0.717) is 0 Å². The van der Waals surface area contributed by atoms with Crippen LogP contribution in [-0.4, -0.2) is 5.78 Å². The second kappa shape index (κ2) is 5.98. The van der Waals surface area contributed by atoms with E-state index in [0.717, 1.165) is 27.6 Å². The summed E-state index contributed by atoms with van der Waals surface area (Å²) in [5.41, 5.74) is 3.97. The number of carbonyl (C=O) groups excluding carboxylic acids is 1. The number of Topliss-reactive ketones (excluding diaryl/α,β-unsaturated/α-hetero) is 1. The molecule has 0 fully saturated rings. The van der Waals surface area contributed by atoms with Gasteiger partial charge < -0.3 is 0 Å². The molecular weight excluding hydrogens is 300 g/mol. The van der Waals surface area contributed by atoms with E-state index in [1.165, 1.54) is 5.56 Å². The molecule has 19 heavy (non-hydrogen) atoms. The van der Waals surface area contributed by atoms with Crippen LogP contribution in [0.15, 0.2) is 59.6 Å². The smallest absolute Gasteiger partial charge is 0.160 e. The zero-order valence-electron chi connectivity index (χ0n) is 10.8. The Morgan fingerprint density at radius 1 is 1.26 bits per heavy atom. The van der Waals surface area contributed by atoms with Crippen LogP contribution in [0, 0.1) is 0 Å². The summed E-state index contributed by atoms with van der Waals surface area (Å²) >= 11 is 3.54. The molecule has 2 heteroatoms. The van der Waals surface area contributed by atoms with Crippen molar-refractivity contribution in [3.63, 3.8) is 0 Å². The van der Waals surface area contributed by atoms with Gasteiger partial charge in [0.15, 0.2) is 5.78 Å². The van der Waals surface area contributed by atoms with E-state index >= 15 is 0 Å². The Kier molecular flexibility index (Phi) is 4.33. The number of halogens is 1. The summed E-state index contributed by atoms with van der Waals surface area (Å²) in [7, 11) is 0. The van der Waals surface area contributed by atoms with E-state index in [1.807, 2.05) is 42.5 Å². The minimum Gasteiger partial charge on any atom is -0.294 e. The van der Waals surface area contributed by atoms with E-state index in [1.54, 1.807) is 6.92 Å². The molecular formula is C17H15BrO. The second-order valence-corrected chi connectivity index (χ2v) is 5.26. The third-order valence-electron chi connectivity index (χ3n) is 3.03. The fourth-order valence-electron chi connectivity index (χ4n) is 2.10. The van der Waals surface area contributed by atoms with Gasteiger partial charge in [-0.15, -0.1) is 6.58 Å². The SMILES string of the molecule is C=CCc1cc(-c2ccccc2C(C)=O)ccc1Br. The largest absolute Gasteiger partial charge is 0.294 e. The van der Waals surface area contributed by atoms with Crippen molar-refractivity contribution in [3.8, 4) is 11.1 Å². The number of benzene rings is 2. The lowest BCUT2D eigenvalue weighted by molar-refractivity contribution is 0.101. The third-order valence-corrected chi connectivity index (χ3v) is 3.80. The van der Waals surface area contributed by atoms with Gasteiger partial charge in [-0.2, -0.15) is 0 Å². The number of hydrogen-bond donors (Lipinski definition) is 0. The molecule has 96 valence electrons. The lowest BCUT2D eigenvalue weighted by atomic mass is 9.96. The lowest BCUT2D eigenvalue weighted by Crippen LogP contribution is -1.96. The number of ketones is 1. The van der Waals surface area contributed by atoms with Crippen LogP contribution in [0.5, 0.6) is 0 Å². The van der Waals surface area contributed by atoms with Crippen molar-refractivity contribution in [2.75, 3.05) is 0 Å². The Morgan fingerprint density at radius 2 is 2.00 bits per heavy atom. The van der Waals surface area contributed by atoms with Crippen molar-refractivity contribution in [3.05, 3.63) is 70.7 Å². The topological polar surface area (TPSA) is 17.1 Å². The zero-order chi connectivity index (χ0) is 13.8. The highest BCUT2D eigenvalue weighted by atomic mass is 79.9. The van der Waals surface area contributed by atoms with E-state index in [4.69, 9.17) is 0 Å². The Balaban J connectivity index is 2.56. The molecule has 0 aromatic heterocycles. The van der Waals surface area contributed by atoms with E-state index < -0.39 is 0 Å². The monoisotopic (exact) mass is 314 g/mol. The summed E-state index contributed by atoms with van der Waals surface area (Å²) in [6.07, 6.45) is 2.68. The molecule has 0 aliphatic heterocycles. The molecule has 0 atom stereocenters. The van der Waals surface area contributed by atoms with E-state index in [-0.39, 0.29) is 5.78 Å². The summed E-state index contributed by atoms with van der Waals surface area (Å²) in [6, 6.07) is 13.8. The zero-order valence-corrected chi connectivity index (χ0v) is 12.4. The number of allylic oxidation sites excluding steroid dienone is 1. The fraction of sp³-hybridized carbons (Fsp3) is 0.118. The third kappa shape index (κ3) is 3.02. The van der Waals surface area contributed by atoms with Crippen molar-refractivity contribution in [2.24, 2.45) is 0 Å². The van der Waals surface area contributed by atoms with Crippen LogP contribution in [0.2, 0.25) is 0 Å². The standard InChI is InChI=1S/C17H15BrO/c1-3-6-14-11-13(9-10-17(14)18)16-8-5-4-7-15(16)12(2)19/h3-5,7-11H,1,6H2,2H3. The second-order valence-electron chi connectivity index (χ2n) is 4.40. The highest BCUT2D eigenvalue weighted by Crippen LogP contribution is 2.28. The van der Waals surface area contributed by atoms with Crippen LogP contribution in [0.4, 0.5) is 0 Å². The van der Waals surface area contributed by atoms with Crippen LogP contribution in [0.1, 0.15) is 22.8 Å². The van der Waals surface area contributed by atoms with Crippen molar-refractivity contribution < 1.29 is 4.79 Å². The van der Waals surface area contributed by atoms with Gasteiger partial charge in [-0.3, -0.25) is 4.79 Å². The molecule has 0 spiro atoms. The van der Waals surface area contributed by atoms with E-state index in [9.17, 15) is 4.79 Å². The quantitative estimate of drug-likeness (QED) is 0.570. The van der Waals surface area contributed by atoms with Gasteiger partial charge in [-0.05, 0) is 42.2 Å². The van der Waals surface area contributed by atoms with Gasteiger partial charge in [-0.25, -0.2) is 0 Å². The number of rotatable bonds is 4. The molecule has 0 N–H and O–H groups in total. The van der Waals surface area contributed by atoms with Gasteiger partial charge in [0.05, 0.1) is 0 Å².